The lowest BCUT2D eigenvalue weighted by atomic mass is 9.85. The third-order valence-electron chi connectivity index (χ3n) is 4.52. The molecule has 0 unspecified atom stereocenters. The normalized spacial score (nSPS) is 25.7. The molecule has 1 aliphatic carbocycles. The minimum atomic E-state index is -0.0725. The fourth-order valence-corrected chi connectivity index (χ4v) is 3.35. The molecule has 19 heavy (non-hydrogen) atoms. The maximum atomic E-state index is 6.18. The van der Waals surface area contributed by atoms with Crippen molar-refractivity contribution in [1.29, 1.82) is 0 Å². The lowest BCUT2D eigenvalue weighted by Gasteiger charge is -2.37. The molecule has 0 radical (unpaired) electrons. The van der Waals surface area contributed by atoms with Crippen LogP contribution in [0.3, 0.4) is 0 Å². The van der Waals surface area contributed by atoms with E-state index in [-0.39, 0.29) is 5.60 Å². The largest absolute Gasteiger partial charge is 0.371 e. The molecule has 0 saturated heterocycles. The Balaban J connectivity index is 1.92. The van der Waals surface area contributed by atoms with E-state index in [1.165, 1.54) is 16.7 Å². The van der Waals surface area contributed by atoms with Gasteiger partial charge in [0, 0.05) is 6.54 Å². The summed E-state index contributed by atoms with van der Waals surface area (Å²) in [6, 6.07) is 8.84. The molecule has 1 atom stereocenters. The first-order valence-electron chi connectivity index (χ1n) is 7.20. The van der Waals surface area contributed by atoms with Gasteiger partial charge in [0.15, 0.2) is 0 Å². The highest BCUT2D eigenvalue weighted by Gasteiger charge is 2.38. The van der Waals surface area contributed by atoms with Gasteiger partial charge in [0.1, 0.15) is 0 Å². The molecule has 1 heterocycles. The van der Waals surface area contributed by atoms with Crippen LogP contribution in [-0.2, 0) is 11.2 Å². The Hall–Kier alpha value is -1.12. The minimum Gasteiger partial charge on any atom is -0.371 e. The van der Waals surface area contributed by atoms with E-state index < -0.39 is 0 Å². The molecule has 3 rings (SSSR count). The zero-order chi connectivity index (χ0) is 13.5. The van der Waals surface area contributed by atoms with Crippen LogP contribution >= 0.6 is 0 Å². The highest BCUT2D eigenvalue weighted by Crippen LogP contribution is 2.45. The molecule has 0 saturated carbocycles. The van der Waals surface area contributed by atoms with Crippen LogP contribution in [0.15, 0.2) is 29.8 Å². The fourth-order valence-electron chi connectivity index (χ4n) is 3.35. The third-order valence-corrected chi connectivity index (χ3v) is 4.52. The van der Waals surface area contributed by atoms with Crippen molar-refractivity contribution in [3.63, 3.8) is 0 Å². The number of hydrogen-bond donors (Lipinski definition) is 0. The maximum Gasteiger partial charge on any atom is 0.0884 e. The SMILES string of the molecule is CN(C)CC[C@]1(C)OCCC2=C1Cc1ccccc12. The van der Waals surface area contributed by atoms with Gasteiger partial charge in [0.2, 0.25) is 0 Å². The van der Waals surface area contributed by atoms with Gasteiger partial charge in [0.05, 0.1) is 12.2 Å². The number of ether oxygens (including phenoxy) is 1. The van der Waals surface area contributed by atoms with Gasteiger partial charge in [-0.2, -0.15) is 0 Å². The van der Waals surface area contributed by atoms with Crippen LogP contribution in [-0.4, -0.2) is 37.7 Å². The summed E-state index contributed by atoms with van der Waals surface area (Å²) in [6.45, 7) is 4.21. The summed E-state index contributed by atoms with van der Waals surface area (Å²) < 4.78 is 6.18. The summed E-state index contributed by atoms with van der Waals surface area (Å²) in [5.74, 6) is 0. The summed E-state index contributed by atoms with van der Waals surface area (Å²) in [7, 11) is 4.26. The molecular weight excluding hydrogens is 234 g/mol. The lowest BCUT2D eigenvalue weighted by Crippen LogP contribution is -2.38. The summed E-state index contributed by atoms with van der Waals surface area (Å²) in [6.07, 6.45) is 3.23. The van der Waals surface area contributed by atoms with Gasteiger partial charge in [-0.3, -0.25) is 0 Å². The molecule has 102 valence electrons. The van der Waals surface area contributed by atoms with Gasteiger partial charge in [0.25, 0.3) is 0 Å². The summed E-state index contributed by atoms with van der Waals surface area (Å²) in [5.41, 5.74) is 5.97. The van der Waals surface area contributed by atoms with Crippen molar-refractivity contribution < 1.29 is 4.74 Å². The van der Waals surface area contributed by atoms with Gasteiger partial charge >= 0.3 is 0 Å². The van der Waals surface area contributed by atoms with Gasteiger partial charge in [-0.1, -0.05) is 24.3 Å². The molecule has 0 aromatic heterocycles. The number of hydrogen-bond acceptors (Lipinski definition) is 2. The van der Waals surface area contributed by atoms with E-state index in [9.17, 15) is 0 Å². The first-order chi connectivity index (χ1) is 9.10. The first kappa shape index (κ1) is 12.9. The molecule has 1 aromatic carbocycles. The van der Waals surface area contributed by atoms with E-state index in [2.05, 4.69) is 50.2 Å². The minimum absolute atomic E-state index is 0.0725. The fraction of sp³-hybridized carbons (Fsp3) is 0.529. The van der Waals surface area contributed by atoms with E-state index in [4.69, 9.17) is 4.74 Å². The standard InChI is InChI=1S/C17H23NO/c1-17(9-10-18(2)3)16-12-13-6-4-5-7-14(13)15(16)8-11-19-17/h4-7H,8-12H2,1-3H3/t17-/m0/s1. The number of benzene rings is 1. The number of rotatable bonds is 3. The summed E-state index contributed by atoms with van der Waals surface area (Å²) >= 11 is 0. The van der Waals surface area contributed by atoms with Crippen LogP contribution in [0.2, 0.25) is 0 Å². The molecule has 0 fully saturated rings. The average molecular weight is 257 g/mol. The second-order valence-electron chi connectivity index (χ2n) is 6.17. The molecule has 0 amide bonds. The second-order valence-corrected chi connectivity index (χ2v) is 6.17. The van der Waals surface area contributed by atoms with Crippen molar-refractivity contribution in [2.24, 2.45) is 0 Å². The van der Waals surface area contributed by atoms with Gasteiger partial charge < -0.3 is 9.64 Å². The highest BCUT2D eigenvalue weighted by atomic mass is 16.5. The molecule has 0 bridgehead atoms. The Labute approximate surface area is 116 Å². The predicted molar refractivity (Wildman–Crippen MR) is 79.2 cm³/mol. The van der Waals surface area contributed by atoms with Crippen molar-refractivity contribution in [1.82, 2.24) is 4.90 Å². The Morgan fingerprint density at radius 3 is 2.84 bits per heavy atom. The Morgan fingerprint density at radius 1 is 1.26 bits per heavy atom. The van der Waals surface area contributed by atoms with E-state index in [0.29, 0.717) is 0 Å². The van der Waals surface area contributed by atoms with Gasteiger partial charge in [-0.05, 0) is 62.6 Å². The molecular formula is C17H23NO. The molecule has 0 N–H and O–H groups in total. The molecule has 1 aliphatic heterocycles. The van der Waals surface area contributed by atoms with Crippen molar-refractivity contribution in [2.75, 3.05) is 27.2 Å². The first-order valence-corrected chi connectivity index (χ1v) is 7.20. The summed E-state index contributed by atoms with van der Waals surface area (Å²) in [5, 5.41) is 0. The van der Waals surface area contributed by atoms with E-state index >= 15 is 0 Å². The van der Waals surface area contributed by atoms with E-state index in [1.54, 1.807) is 5.57 Å². The van der Waals surface area contributed by atoms with E-state index in [1.807, 2.05) is 0 Å². The zero-order valence-corrected chi connectivity index (χ0v) is 12.2. The van der Waals surface area contributed by atoms with Crippen LogP contribution in [0.1, 0.15) is 30.9 Å². The van der Waals surface area contributed by atoms with Crippen molar-refractivity contribution in [3.8, 4) is 0 Å². The molecule has 2 heteroatoms. The van der Waals surface area contributed by atoms with Crippen molar-refractivity contribution >= 4 is 5.57 Å². The van der Waals surface area contributed by atoms with Crippen molar-refractivity contribution in [3.05, 3.63) is 41.0 Å². The van der Waals surface area contributed by atoms with Crippen LogP contribution in [0.5, 0.6) is 0 Å². The third kappa shape index (κ3) is 2.24. The predicted octanol–water partition coefficient (Wildman–Crippen LogP) is 3.13. The molecule has 2 aliphatic rings. The van der Waals surface area contributed by atoms with Crippen LogP contribution in [0, 0.1) is 0 Å². The van der Waals surface area contributed by atoms with Crippen LogP contribution in [0.4, 0.5) is 0 Å². The van der Waals surface area contributed by atoms with Crippen LogP contribution < -0.4 is 0 Å². The quantitative estimate of drug-likeness (QED) is 0.825. The second kappa shape index (κ2) is 4.77. The highest BCUT2D eigenvalue weighted by molar-refractivity contribution is 5.78. The van der Waals surface area contributed by atoms with Crippen molar-refractivity contribution in [2.45, 2.75) is 31.8 Å². The Morgan fingerprint density at radius 2 is 2.05 bits per heavy atom. The number of fused-ring (bicyclic) bond motifs is 2. The molecule has 2 nitrogen and oxygen atoms in total. The zero-order valence-electron chi connectivity index (χ0n) is 12.2. The summed E-state index contributed by atoms with van der Waals surface area (Å²) in [4.78, 5) is 2.24. The van der Waals surface area contributed by atoms with E-state index in [0.717, 1.165) is 32.4 Å². The maximum absolute atomic E-state index is 6.18. The van der Waals surface area contributed by atoms with Gasteiger partial charge in [-0.25, -0.2) is 0 Å². The Bertz CT molecular complexity index is 518. The van der Waals surface area contributed by atoms with Crippen LogP contribution in [0.25, 0.3) is 5.57 Å². The molecule has 0 spiro atoms. The average Bonchev–Trinajstić information content (AvgIpc) is 2.78. The van der Waals surface area contributed by atoms with Gasteiger partial charge in [-0.15, -0.1) is 0 Å². The monoisotopic (exact) mass is 257 g/mol. The number of nitrogens with zero attached hydrogens (tertiary/aromatic N) is 1. The Kier molecular flexibility index (Phi) is 3.23. The lowest BCUT2D eigenvalue weighted by molar-refractivity contribution is -0.0182. The molecule has 1 aromatic rings. The topological polar surface area (TPSA) is 12.5 Å². The smallest absolute Gasteiger partial charge is 0.0884 e.